The Morgan fingerprint density at radius 2 is 2.08 bits per heavy atom. The monoisotopic (exact) mass is 395 g/mol. The molecular formula is C18H21NO5S2. The fraction of sp³-hybridized carbons (Fsp3) is 0.389. The summed E-state index contributed by atoms with van der Waals surface area (Å²) in [5.41, 5.74) is 0.655. The number of nitrogens with zero attached hydrogens (tertiary/aromatic N) is 1. The molecule has 1 aliphatic heterocycles. The van der Waals surface area contributed by atoms with E-state index in [4.69, 9.17) is 21.7 Å². The van der Waals surface area contributed by atoms with Gasteiger partial charge in [0.25, 0.3) is 5.91 Å². The standard InChI is InChI=1S/C18H21NO5S2/c1-5-10(2)15(17(21)22)19-16(20)14(26-18(19)25)9-11-8-12(23-3)6-7-13(11)24-4/h6-10,15H,5H2,1-4H3,(H,21,22)/b14-9-. The lowest BCUT2D eigenvalue weighted by atomic mass is 9.98. The van der Waals surface area contributed by atoms with Gasteiger partial charge in [-0.1, -0.05) is 44.2 Å². The third-order valence-electron chi connectivity index (χ3n) is 4.26. The van der Waals surface area contributed by atoms with Crippen LogP contribution >= 0.6 is 24.0 Å². The van der Waals surface area contributed by atoms with Crippen LogP contribution in [0.15, 0.2) is 23.1 Å². The van der Waals surface area contributed by atoms with E-state index in [1.165, 1.54) is 12.0 Å². The lowest BCUT2D eigenvalue weighted by Crippen LogP contribution is -2.47. The van der Waals surface area contributed by atoms with Gasteiger partial charge in [0.1, 0.15) is 21.9 Å². The van der Waals surface area contributed by atoms with Crippen LogP contribution in [-0.2, 0) is 9.59 Å². The van der Waals surface area contributed by atoms with E-state index >= 15 is 0 Å². The minimum absolute atomic E-state index is 0.222. The van der Waals surface area contributed by atoms with Crippen molar-refractivity contribution < 1.29 is 24.2 Å². The highest BCUT2D eigenvalue weighted by Gasteiger charge is 2.42. The zero-order valence-corrected chi connectivity index (χ0v) is 16.6. The molecule has 2 unspecified atom stereocenters. The van der Waals surface area contributed by atoms with Gasteiger partial charge < -0.3 is 14.6 Å². The number of rotatable bonds is 7. The van der Waals surface area contributed by atoms with Gasteiger partial charge in [0.05, 0.1) is 19.1 Å². The van der Waals surface area contributed by atoms with Crippen molar-refractivity contribution >= 4 is 46.3 Å². The highest BCUT2D eigenvalue weighted by Crippen LogP contribution is 2.37. The average Bonchev–Trinajstić information content (AvgIpc) is 2.89. The zero-order valence-electron chi connectivity index (χ0n) is 15.0. The Balaban J connectivity index is 2.42. The third kappa shape index (κ3) is 4.02. The third-order valence-corrected chi connectivity index (χ3v) is 5.59. The second kappa shape index (κ2) is 8.55. The molecule has 1 heterocycles. The number of ether oxygens (including phenoxy) is 2. The van der Waals surface area contributed by atoms with E-state index in [1.807, 2.05) is 6.92 Å². The first-order valence-corrected chi connectivity index (χ1v) is 9.28. The number of benzene rings is 1. The fourth-order valence-electron chi connectivity index (χ4n) is 2.64. The van der Waals surface area contributed by atoms with Crippen molar-refractivity contribution in [2.45, 2.75) is 26.3 Å². The van der Waals surface area contributed by atoms with Crippen LogP contribution in [-0.4, -0.2) is 46.5 Å². The summed E-state index contributed by atoms with van der Waals surface area (Å²) in [5, 5.41) is 9.58. The summed E-state index contributed by atoms with van der Waals surface area (Å²) in [6.07, 6.45) is 2.27. The maximum absolute atomic E-state index is 12.9. The number of hydrogen-bond acceptors (Lipinski definition) is 6. The average molecular weight is 396 g/mol. The highest BCUT2D eigenvalue weighted by molar-refractivity contribution is 8.26. The molecule has 0 aliphatic carbocycles. The number of aliphatic carboxylic acids is 1. The number of amides is 1. The predicted molar refractivity (Wildman–Crippen MR) is 105 cm³/mol. The molecule has 1 amide bonds. The number of carboxylic acid groups (broad SMARTS) is 1. The van der Waals surface area contributed by atoms with E-state index in [-0.39, 0.29) is 10.2 Å². The van der Waals surface area contributed by atoms with Gasteiger partial charge in [0.2, 0.25) is 0 Å². The topological polar surface area (TPSA) is 76.1 Å². The highest BCUT2D eigenvalue weighted by atomic mass is 32.2. The minimum atomic E-state index is -1.06. The van der Waals surface area contributed by atoms with E-state index in [0.29, 0.717) is 28.4 Å². The largest absolute Gasteiger partial charge is 0.497 e. The zero-order chi connectivity index (χ0) is 19.4. The Morgan fingerprint density at radius 3 is 2.62 bits per heavy atom. The summed E-state index contributed by atoms with van der Waals surface area (Å²) in [6.45, 7) is 3.68. The molecule has 2 rings (SSSR count). The first kappa shape index (κ1) is 20.3. The predicted octanol–water partition coefficient (Wildman–Crippen LogP) is 3.40. The van der Waals surface area contributed by atoms with E-state index in [1.54, 1.807) is 38.3 Å². The van der Waals surface area contributed by atoms with Gasteiger partial charge in [-0.2, -0.15) is 0 Å². The summed E-state index contributed by atoms with van der Waals surface area (Å²) in [6, 6.07) is 4.26. The Bertz CT molecular complexity index is 762. The Kier molecular flexibility index (Phi) is 6.66. The van der Waals surface area contributed by atoms with Crippen molar-refractivity contribution in [3.63, 3.8) is 0 Å². The minimum Gasteiger partial charge on any atom is -0.497 e. The summed E-state index contributed by atoms with van der Waals surface area (Å²) in [7, 11) is 3.09. The van der Waals surface area contributed by atoms with Crippen LogP contribution in [0.3, 0.4) is 0 Å². The summed E-state index contributed by atoms with van der Waals surface area (Å²) >= 11 is 6.38. The maximum Gasteiger partial charge on any atom is 0.327 e. The molecular weight excluding hydrogens is 374 g/mol. The van der Waals surface area contributed by atoms with Crippen molar-refractivity contribution in [2.75, 3.05) is 14.2 Å². The molecule has 2 atom stereocenters. The number of hydrogen-bond donors (Lipinski definition) is 1. The summed E-state index contributed by atoms with van der Waals surface area (Å²) < 4.78 is 10.8. The molecule has 1 N–H and O–H groups in total. The lowest BCUT2D eigenvalue weighted by molar-refractivity contribution is -0.147. The Hall–Kier alpha value is -2.06. The molecule has 6 nitrogen and oxygen atoms in total. The molecule has 0 saturated carbocycles. The molecule has 0 aromatic heterocycles. The molecule has 26 heavy (non-hydrogen) atoms. The van der Waals surface area contributed by atoms with Crippen LogP contribution in [0.5, 0.6) is 11.5 Å². The molecule has 8 heteroatoms. The molecule has 140 valence electrons. The number of carboxylic acids is 1. The number of thiocarbonyl (C=S) groups is 1. The van der Waals surface area contributed by atoms with Crippen molar-refractivity contribution in [2.24, 2.45) is 5.92 Å². The number of methoxy groups -OCH3 is 2. The van der Waals surface area contributed by atoms with E-state index in [0.717, 1.165) is 11.8 Å². The van der Waals surface area contributed by atoms with Crippen LogP contribution in [0, 0.1) is 5.92 Å². The van der Waals surface area contributed by atoms with Crippen molar-refractivity contribution in [1.82, 2.24) is 4.90 Å². The number of carbonyl (C=O) groups excluding carboxylic acids is 1. The molecule has 1 fully saturated rings. The van der Waals surface area contributed by atoms with Gasteiger partial charge in [0.15, 0.2) is 0 Å². The smallest absolute Gasteiger partial charge is 0.327 e. The number of carbonyl (C=O) groups is 2. The van der Waals surface area contributed by atoms with Crippen LogP contribution in [0.1, 0.15) is 25.8 Å². The number of thioether (sulfide) groups is 1. The molecule has 1 aromatic rings. The first-order valence-electron chi connectivity index (χ1n) is 8.05. The van der Waals surface area contributed by atoms with Crippen LogP contribution in [0.4, 0.5) is 0 Å². The molecule has 1 aromatic carbocycles. The second-order valence-electron chi connectivity index (χ2n) is 5.83. The summed E-state index contributed by atoms with van der Waals surface area (Å²) in [5.74, 6) is -0.488. The first-order chi connectivity index (χ1) is 12.3. The summed E-state index contributed by atoms with van der Waals surface area (Å²) in [4.78, 5) is 26.1. The molecule has 1 aliphatic rings. The van der Waals surface area contributed by atoms with Crippen molar-refractivity contribution in [3.8, 4) is 11.5 Å². The van der Waals surface area contributed by atoms with Gasteiger partial charge in [-0.25, -0.2) is 4.79 Å². The van der Waals surface area contributed by atoms with Crippen molar-refractivity contribution in [1.29, 1.82) is 0 Å². The van der Waals surface area contributed by atoms with Gasteiger partial charge in [-0.3, -0.25) is 9.69 Å². The SMILES string of the molecule is CCC(C)C(C(=O)O)N1C(=O)/C(=C/c2cc(OC)ccc2OC)SC1=S. The molecule has 0 radical (unpaired) electrons. The second-order valence-corrected chi connectivity index (χ2v) is 7.50. The fourth-order valence-corrected chi connectivity index (χ4v) is 3.96. The molecule has 1 saturated heterocycles. The van der Waals surface area contributed by atoms with Crippen molar-refractivity contribution in [3.05, 3.63) is 28.7 Å². The van der Waals surface area contributed by atoms with Crippen LogP contribution < -0.4 is 9.47 Å². The Labute approximate surface area is 162 Å². The maximum atomic E-state index is 12.9. The van der Waals surface area contributed by atoms with Crippen LogP contribution in [0.2, 0.25) is 0 Å². The quantitative estimate of drug-likeness (QED) is 0.560. The van der Waals surface area contributed by atoms with Gasteiger partial charge in [-0.05, 0) is 30.2 Å². The van der Waals surface area contributed by atoms with Crippen LogP contribution in [0.25, 0.3) is 6.08 Å². The molecule has 0 bridgehead atoms. The van der Waals surface area contributed by atoms with E-state index in [9.17, 15) is 14.7 Å². The van der Waals surface area contributed by atoms with Gasteiger partial charge in [0, 0.05) is 5.56 Å². The Morgan fingerprint density at radius 1 is 1.38 bits per heavy atom. The van der Waals surface area contributed by atoms with Gasteiger partial charge >= 0.3 is 5.97 Å². The molecule has 0 spiro atoms. The lowest BCUT2D eigenvalue weighted by Gasteiger charge is -2.27. The van der Waals surface area contributed by atoms with Gasteiger partial charge in [-0.15, -0.1) is 0 Å². The normalized spacial score (nSPS) is 18.2. The van der Waals surface area contributed by atoms with E-state index < -0.39 is 17.9 Å². The van der Waals surface area contributed by atoms with E-state index in [2.05, 4.69) is 0 Å².